The number of nitrogens with zero attached hydrogens (tertiary/aromatic N) is 1. The number of hydrogen-bond donors (Lipinski definition) is 0. The van der Waals surface area contributed by atoms with E-state index in [9.17, 15) is 0 Å². The van der Waals surface area contributed by atoms with Gasteiger partial charge < -0.3 is 0 Å². The van der Waals surface area contributed by atoms with Gasteiger partial charge in [0.2, 0.25) is 0 Å². The van der Waals surface area contributed by atoms with Crippen molar-refractivity contribution in [2.75, 3.05) is 5.75 Å². The molecule has 0 heterocycles. The van der Waals surface area contributed by atoms with Gasteiger partial charge in [0.15, 0.2) is 0 Å². The summed E-state index contributed by atoms with van der Waals surface area (Å²) in [5.41, 5.74) is 1.12. The molecule has 0 fully saturated rings. The topological polar surface area (TPSA) is 23.8 Å². The number of nitriles is 1. The number of thioether (sulfide) groups is 1. The van der Waals surface area contributed by atoms with E-state index in [0.29, 0.717) is 0 Å². The van der Waals surface area contributed by atoms with Gasteiger partial charge in [0.25, 0.3) is 0 Å². The number of hydrogen-bond acceptors (Lipinski definition) is 2. The Morgan fingerprint density at radius 2 is 1.87 bits per heavy atom. The van der Waals surface area contributed by atoms with Crippen molar-refractivity contribution in [3.63, 3.8) is 0 Å². The predicted octanol–water partition coefficient (Wildman–Crippen LogP) is 3.83. The van der Waals surface area contributed by atoms with Gasteiger partial charge in [-0.25, -0.2) is 0 Å². The molecule has 80 valence electrons. The maximum Gasteiger partial charge on any atom is 0.0803 e. The summed E-state index contributed by atoms with van der Waals surface area (Å²) in [7, 11) is 0. The molecule has 0 bridgehead atoms. The molecule has 0 amide bonds. The molecule has 0 saturated carbocycles. The van der Waals surface area contributed by atoms with Crippen LogP contribution in [0.3, 0.4) is 0 Å². The first-order valence-electron chi connectivity index (χ1n) is 5.11. The summed E-state index contributed by atoms with van der Waals surface area (Å²) >= 11 is 1.84. The molecule has 1 rings (SSSR count). The van der Waals surface area contributed by atoms with Crippen molar-refractivity contribution in [3.05, 3.63) is 35.9 Å². The Bertz CT molecular complexity index is 332. The highest BCUT2D eigenvalue weighted by atomic mass is 32.2. The zero-order chi connectivity index (χ0) is 11.3. The first-order chi connectivity index (χ1) is 7.03. The van der Waals surface area contributed by atoms with Crippen LogP contribution in [0, 0.1) is 11.3 Å². The molecule has 0 aliphatic rings. The third-order valence-corrected chi connectivity index (χ3v) is 3.41. The molecular formula is C13H17NS. The third-order valence-electron chi connectivity index (χ3n) is 2.04. The van der Waals surface area contributed by atoms with Crippen LogP contribution in [0.2, 0.25) is 0 Å². The summed E-state index contributed by atoms with van der Waals surface area (Å²) < 4.78 is 0.226. The van der Waals surface area contributed by atoms with Crippen molar-refractivity contribution in [3.8, 4) is 6.07 Å². The lowest BCUT2D eigenvalue weighted by Gasteiger charge is -2.19. The molecule has 1 unspecified atom stereocenters. The molecular weight excluding hydrogens is 202 g/mol. The van der Waals surface area contributed by atoms with Gasteiger partial charge in [-0.1, -0.05) is 51.1 Å². The van der Waals surface area contributed by atoms with E-state index in [1.165, 1.54) is 0 Å². The average Bonchev–Trinajstić information content (AvgIpc) is 2.19. The second kappa shape index (κ2) is 5.23. The monoisotopic (exact) mass is 219 g/mol. The minimum Gasteiger partial charge on any atom is -0.198 e. The van der Waals surface area contributed by atoms with E-state index < -0.39 is 0 Å². The second-order valence-electron chi connectivity index (χ2n) is 4.52. The van der Waals surface area contributed by atoms with Gasteiger partial charge in [0, 0.05) is 10.5 Å². The molecule has 1 aromatic carbocycles. The Morgan fingerprint density at radius 3 is 2.33 bits per heavy atom. The lowest BCUT2D eigenvalue weighted by molar-refractivity contribution is 0.798. The van der Waals surface area contributed by atoms with E-state index in [-0.39, 0.29) is 10.7 Å². The van der Waals surface area contributed by atoms with Gasteiger partial charge in [0.05, 0.1) is 12.0 Å². The molecule has 0 aromatic heterocycles. The molecule has 1 nitrogen and oxygen atoms in total. The van der Waals surface area contributed by atoms with E-state index in [1.807, 2.05) is 42.1 Å². The minimum atomic E-state index is 0.00965. The van der Waals surface area contributed by atoms with Crippen molar-refractivity contribution >= 4 is 11.8 Å². The quantitative estimate of drug-likeness (QED) is 0.771. The van der Waals surface area contributed by atoms with Crippen LogP contribution < -0.4 is 0 Å². The Balaban J connectivity index is 2.63. The zero-order valence-corrected chi connectivity index (χ0v) is 10.3. The Hall–Kier alpha value is -0.940. The second-order valence-corrected chi connectivity index (χ2v) is 6.36. The molecule has 15 heavy (non-hydrogen) atoms. The van der Waals surface area contributed by atoms with E-state index in [0.717, 1.165) is 11.3 Å². The fraction of sp³-hybridized carbons (Fsp3) is 0.462. The molecule has 0 aliphatic carbocycles. The highest BCUT2D eigenvalue weighted by Gasteiger charge is 2.16. The summed E-state index contributed by atoms with van der Waals surface area (Å²) in [5.74, 6) is 0.875. The summed E-state index contributed by atoms with van der Waals surface area (Å²) in [6.07, 6.45) is 0. The van der Waals surface area contributed by atoms with Gasteiger partial charge in [0.1, 0.15) is 0 Å². The minimum absolute atomic E-state index is 0.00965. The average molecular weight is 219 g/mol. The molecule has 2 heteroatoms. The third kappa shape index (κ3) is 4.40. The first kappa shape index (κ1) is 12.1. The van der Waals surface area contributed by atoms with Crippen LogP contribution in [0.1, 0.15) is 32.3 Å². The first-order valence-corrected chi connectivity index (χ1v) is 6.10. The fourth-order valence-electron chi connectivity index (χ4n) is 1.23. The van der Waals surface area contributed by atoms with Crippen LogP contribution in [0.15, 0.2) is 30.3 Å². The molecule has 0 radical (unpaired) electrons. The lowest BCUT2D eigenvalue weighted by Crippen LogP contribution is -2.11. The maximum absolute atomic E-state index is 9.11. The van der Waals surface area contributed by atoms with Crippen LogP contribution in [0.25, 0.3) is 0 Å². The summed E-state index contributed by atoms with van der Waals surface area (Å²) in [6, 6.07) is 12.4. The van der Waals surface area contributed by atoms with Crippen LogP contribution in [0.5, 0.6) is 0 Å². The molecule has 0 N–H and O–H groups in total. The van der Waals surface area contributed by atoms with Crippen molar-refractivity contribution < 1.29 is 0 Å². The summed E-state index contributed by atoms with van der Waals surface area (Å²) in [4.78, 5) is 0. The Kier molecular flexibility index (Phi) is 4.23. The fourth-order valence-corrected chi connectivity index (χ4v) is 2.16. The lowest BCUT2D eigenvalue weighted by atomic mass is 10.0. The van der Waals surface area contributed by atoms with Gasteiger partial charge in [-0.15, -0.1) is 0 Å². The molecule has 0 aliphatic heterocycles. The Morgan fingerprint density at radius 1 is 1.27 bits per heavy atom. The van der Waals surface area contributed by atoms with E-state index in [1.54, 1.807) is 0 Å². The van der Waals surface area contributed by atoms with Crippen LogP contribution in [-0.4, -0.2) is 10.5 Å². The van der Waals surface area contributed by atoms with Crippen molar-refractivity contribution in [2.24, 2.45) is 0 Å². The van der Waals surface area contributed by atoms with Crippen LogP contribution >= 0.6 is 11.8 Å². The van der Waals surface area contributed by atoms with Crippen molar-refractivity contribution in [1.29, 1.82) is 5.26 Å². The highest BCUT2D eigenvalue weighted by Crippen LogP contribution is 2.29. The van der Waals surface area contributed by atoms with Gasteiger partial charge in [-0.2, -0.15) is 17.0 Å². The van der Waals surface area contributed by atoms with Gasteiger partial charge in [-0.3, -0.25) is 0 Å². The zero-order valence-electron chi connectivity index (χ0n) is 9.53. The molecule has 1 atom stereocenters. The van der Waals surface area contributed by atoms with E-state index in [4.69, 9.17) is 5.26 Å². The van der Waals surface area contributed by atoms with Gasteiger partial charge >= 0.3 is 0 Å². The number of rotatable bonds is 3. The van der Waals surface area contributed by atoms with Crippen molar-refractivity contribution in [2.45, 2.75) is 31.4 Å². The smallest absolute Gasteiger partial charge is 0.0803 e. The normalized spacial score (nSPS) is 13.2. The predicted molar refractivity (Wildman–Crippen MR) is 67.0 cm³/mol. The summed E-state index contributed by atoms with van der Waals surface area (Å²) in [5, 5.41) is 9.11. The van der Waals surface area contributed by atoms with Crippen molar-refractivity contribution in [1.82, 2.24) is 0 Å². The highest BCUT2D eigenvalue weighted by molar-refractivity contribution is 8.00. The SMILES string of the molecule is CC(C)(C)SCC(C#N)c1ccccc1. The molecule has 0 saturated heterocycles. The summed E-state index contributed by atoms with van der Waals surface area (Å²) in [6.45, 7) is 6.53. The number of benzene rings is 1. The van der Waals surface area contributed by atoms with E-state index >= 15 is 0 Å². The van der Waals surface area contributed by atoms with Gasteiger partial charge in [-0.05, 0) is 5.56 Å². The standard InChI is InChI=1S/C13H17NS/c1-13(2,3)15-10-12(9-14)11-7-5-4-6-8-11/h4-8,12H,10H2,1-3H3. The Labute approximate surface area is 96.5 Å². The largest absolute Gasteiger partial charge is 0.198 e. The maximum atomic E-state index is 9.11. The van der Waals surface area contributed by atoms with Crippen LogP contribution in [0.4, 0.5) is 0 Å². The van der Waals surface area contributed by atoms with Crippen LogP contribution in [-0.2, 0) is 0 Å². The molecule has 0 spiro atoms. The molecule has 1 aromatic rings. The van der Waals surface area contributed by atoms with E-state index in [2.05, 4.69) is 26.8 Å².